The molecular weight excluding hydrogens is 234 g/mol. The molecule has 2 amide bonds. The lowest BCUT2D eigenvalue weighted by Gasteiger charge is -2.25. The molecule has 0 saturated heterocycles. The van der Waals surface area contributed by atoms with E-state index < -0.39 is 11.6 Å². The van der Waals surface area contributed by atoms with E-state index in [-0.39, 0.29) is 12.6 Å². The van der Waals surface area contributed by atoms with Gasteiger partial charge in [0.05, 0.1) is 11.3 Å². The Kier molecular flexibility index (Phi) is 4.72. The first-order valence-electron chi connectivity index (χ1n) is 6.11. The minimum atomic E-state index is -0.861. The minimum Gasteiger partial charge on any atom is -0.428 e. The van der Waals surface area contributed by atoms with Crippen LogP contribution in [0, 0.1) is 13.8 Å². The molecule has 6 heteroatoms. The average Bonchev–Trinajstić information content (AvgIpc) is 2.65. The van der Waals surface area contributed by atoms with Crippen molar-refractivity contribution >= 4 is 12.0 Å². The number of aryl methyl sites for hydroxylation is 2. The van der Waals surface area contributed by atoms with Crippen molar-refractivity contribution in [3.05, 3.63) is 11.5 Å². The average molecular weight is 255 g/mol. The van der Waals surface area contributed by atoms with Gasteiger partial charge in [0, 0.05) is 6.54 Å². The molecular formula is C12H21N3O3. The Balaban J connectivity index is 2.47. The Hall–Kier alpha value is -1.56. The highest BCUT2D eigenvalue weighted by Gasteiger charge is 2.23. The summed E-state index contributed by atoms with van der Waals surface area (Å²) >= 11 is 0. The number of urea groups is 1. The Morgan fingerprint density at radius 3 is 2.44 bits per heavy atom. The van der Waals surface area contributed by atoms with E-state index in [0.717, 1.165) is 5.69 Å². The second-order valence-corrected chi connectivity index (χ2v) is 4.40. The first-order valence-corrected chi connectivity index (χ1v) is 6.11. The summed E-state index contributed by atoms with van der Waals surface area (Å²) in [4.78, 5) is 15.6. The Bertz CT molecular complexity index is 391. The van der Waals surface area contributed by atoms with Crippen molar-refractivity contribution < 1.29 is 14.3 Å². The van der Waals surface area contributed by atoms with Crippen LogP contribution in [0.15, 0.2) is 4.42 Å². The number of aliphatic hydroxyl groups is 1. The molecule has 0 unspecified atom stereocenters. The van der Waals surface area contributed by atoms with Crippen molar-refractivity contribution in [3.63, 3.8) is 0 Å². The van der Waals surface area contributed by atoms with E-state index in [1.54, 1.807) is 13.8 Å². The zero-order valence-corrected chi connectivity index (χ0v) is 11.3. The highest BCUT2D eigenvalue weighted by atomic mass is 16.4. The number of hydrogen-bond acceptors (Lipinski definition) is 4. The molecule has 3 N–H and O–H groups in total. The Morgan fingerprint density at radius 1 is 1.39 bits per heavy atom. The first kappa shape index (κ1) is 14.5. The third-order valence-electron chi connectivity index (χ3n) is 3.14. The van der Waals surface area contributed by atoms with Crippen LogP contribution in [0.2, 0.25) is 0 Å². The van der Waals surface area contributed by atoms with Gasteiger partial charge in [-0.3, -0.25) is 5.32 Å². The number of rotatable bonds is 5. The molecule has 102 valence electrons. The summed E-state index contributed by atoms with van der Waals surface area (Å²) in [6.07, 6.45) is 1.17. The predicted octanol–water partition coefficient (Wildman–Crippen LogP) is 1.96. The Labute approximate surface area is 107 Å². The summed E-state index contributed by atoms with van der Waals surface area (Å²) in [6, 6.07) is -0.268. The number of carbonyl (C=O) groups is 1. The fraction of sp³-hybridized carbons (Fsp3) is 0.667. The molecule has 1 heterocycles. The van der Waals surface area contributed by atoms with Crippen LogP contribution < -0.4 is 10.6 Å². The van der Waals surface area contributed by atoms with Crippen LogP contribution in [-0.2, 0) is 0 Å². The highest BCUT2D eigenvalue weighted by Crippen LogP contribution is 2.14. The normalized spacial score (nSPS) is 11.4. The van der Waals surface area contributed by atoms with Gasteiger partial charge in [0.1, 0.15) is 5.76 Å². The second-order valence-electron chi connectivity index (χ2n) is 4.40. The number of nitrogens with one attached hydrogen (secondary N) is 2. The number of hydrogen-bond donors (Lipinski definition) is 3. The van der Waals surface area contributed by atoms with Crippen molar-refractivity contribution in [3.8, 4) is 0 Å². The second kappa shape index (κ2) is 5.86. The molecule has 0 fully saturated rings. The number of nitrogens with zero attached hydrogens (tertiary/aromatic N) is 1. The molecule has 0 aliphatic rings. The van der Waals surface area contributed by atoms with E-state index >= 15 is 0 Å². The minimum absolute atomic E-state index is 0.166. The summed E-state index contributed by atoms with van der Waals surface area (Å²) in [5.74, 6) is 0.670. The molecule has 1 aromatic heterocycles. The fourth-order valence-corrected chi connectivity index (χ4v) is 1.41. The molecule has 6 nitrogen and oxygen atoms in total. The van der Waals surface area contributed by atoms with Crippen LogP contribution in [0.25, 0.3) is 0 Å². The standard InChI is InChI=1S/C12H21N3O3/c1-5-12(17,6-2)7-13-10(16)15-11-14-8(3)9(4)18-11/h17H,5-7H2,1-4H3,(H2,13,14,15,16). The van der Waals surface area contributed by atoms with Crippen molar-refractivity contribution in [1.82, 2.24) is 10.3 Å². The zero-order valence-electron chi connectivity index (χ0n) is 11.3. The highest BCUT2D eigenvalue weighted by molar-refractivity contribution is 5.87. The summed E-state index contributed by atoms with van der Waals surface area (Å²) in [7, 11) is 0. The topological polar surface area (TPSA) is 87.4 Å². The van der Waals surface area contributed by atoms with Crippen molar-refractivity contribution in [2.24, 2.45) is 0 Å². The number of carbonyl (C=O) groups excluding carboxylic acids is 1. The number of oxazole rings is 1. The quantitative estimate of drug-likeness (QED) is 0.750. The van der Waals surface area contributed by atoms with Crippen LogP contribution in [0.4, 0.5) is 10.8 Å². The monoisotopic (exact) mass is 255 g/mol. The van der Waals surface area contributed by atoms with Gasteiger partial charge in [-0.15, -0.1) is 0 Å². The molecule has 0 atom stereocenters. The van der Waals surface area contributed by atoms with Crippen molar-refractivity contribution in [2.45, 2.75) is 46.1 Å². The first-order chi connectivity index (χ1) is 8.40. The number of amides is 2. The van der Waals surface area contributed by atoms with Crippen LogP contribution in [0.1, 0.15) is 38.1 Å². The number of aromatic nitrogens is 1. The maximum absolute atomic E-state index is 11.6. The maximum Gasteiger partial charge on any atom is 0.322 e. The third-order valence-corrected chi connectivity index (χ3v) is 3.14. The van der Waals surface area contributed by atoms with Gasteiger partial charge >= 0.3 is 12.0 Å². The third kappa shape index (κ3) is 3.73. The predicted molar refractivity (Wildman–Crippen MR) is 68.5 cm³/mol. The van der Waals surface area contributed by atoms with E-state index in [4.69, 9.17) is 4.42 Å². The molecule has 1 rings (SSSR count). The molecule has 0 spiro atoms. The van der Waals surface area contributed by atoms with Crippen LogP contribution >= 0.6 is 0 Å². The fourth-order valence-electron chi connectivity index (χ4n) is 1.41. The summed E-state index contributed by atoms with van der Waals surface area (Å²) in [5.41, 5.74) is -0.122. The molecule has 1 aromatic rings. The summed E-state index contributed by atoms with van der Waals surface area (Å²) < 4.78 is 5.22. The van der Waals surface area contributed by atoms with E-state index in [1.165, 1.54) is 0 Å². The van der Waals surface area contributed by atoms with Gasteiger partial charge in [-0.05, 0) is 26.7 Å². The van der Waals surface area contributed by atoms with Gasteiger partial charge in [-0.25, -0.2) is 4.79 Å². The lowest BCUT2D eigenvalue weighted by molar-refractivity contribution is 0.0354. The molecule has 0 bridgehead atoms. The molecule has 0 aliphatic carbocycles. The lowest BCUT2D eigenvalue weighted by atomic mass is 9.98. The molecule has 0 saturated carbocycles. The van der Waals surface area contributed by atoms with Gasteiger partial charge in [-0.2, -0.15) is 4.98 Å². The van der Waals surface area contributed by atoms with Crippen LogP contribution in [0.3, 0.4) is 0 Å². The molecule has 0 aliphatic heterocycles. The maximum atomic E-state index is 11.6. The molecule has 0 aromatic carbocycles. The van der Waals surface area contributed by atoms with Gasteiger partial charge < -0.3 is 14.8 Å². The number of anilines is 1. The summed E-state index contributed by atoms with van der Waals surface area (Å²) in [6.45, 7) is 7.53. The SMILES string of the molecule is CCC(O)(CC)CNC(=O)Nc1nc(C)c(C)o1. The van der Waals surface area contributed by atoms with Gasteiger partial charge in [0.15, 0.2) is 0 Å². The van der Waals surface area contributed by atoms with Gasteiger partial charge in [0.2, 0.25) is 0 Å². The summed E-state index contributed by atoms with van der Waals surface area (Å²) in [5, 5.41) is 15.1. The van der Waals surface area contributed by atoms with Gasteiger partial charge in [-0.1, -0.05) is 13.8 Å². The van der Waals surface area contributed by atoms with Crippen molar-refractivity contribution in [1.29, 1.82) is 0 Å². The van der Waals surface area contributed by atoms with Crippen LogP contribution in [0.5, 0.6) is 0 Å². The van der Waals surface area contributed by atoms with Crippen LogP contribution in [-0.4, -0.2) is 28.3 Å². The van der Waals surface area contributed by atoms with E-state index in [9.17, 15) is 9.90 Å². The Morgan fingerprint density at radius 2 is 2.00 bits per heavy atom. The van der Waals surface area contributed by atoms with E-state index in [0.29, 0.717) is 18.6 Å². The van der Waals surface area contributed by atoms with E-state index in [1.807, 2.05) is 13.8 Å². The lowest BCUT2D eigenvalue weighted by Crippen LogP contribution is -2.43. The largest absolute Gasteiger partial charge is 0.428 e. The molecule has 18 heavy (non-hydrogen) atoms. The zero-order chi connectivity index (χ0) is 13.8. The smallest absolute Gasteiger partial charge is 0.322 e. The van der Waals surface area contributed by atoms with Crippen molar-refractivity contribution in [2.75, 3.05) is 11.9 Å². The van der Waals surface area contributed by atoms with E-state index in [2.05, 4.69) is 15.6 Å². The molecule has 0 radical (unpaired) electrons. The van der Waals surface area contributed by atoms with Gasteiger partial charge in [0.25, 0.3) is 0 Å².